The predicted molar refractivity (Wildman–Crippen MR) is 92.8 cm³/mol. The Kier molecular flexibility index (Phi) is 6.61. The molecule has 3 amide bonds. The SMILES string of the molecule is CCCN(CCC(=O)N1CCC(C(N)=O)CC1)C(=O)c1ccoc1C. The number of hydrogen-bond donors (Lipinski definition) is 1. The van der Waals surface area contributed by atoms with Crippen LogP contribution in [0.25, 0.3) is 0 Å². The number of rotatable bonds is 7. The largest absolute Gasteiger partial charge is 0.469 e. The van der Waals surface area contributed by atoms with Gasteiger partial charge >= 0.3 is 0 Å². The lowest BCUT2D eigenvalue weighted by molar-refractivity contribution is -0.135. The molecule has 1 aromatic rings. The first kappa shape index (κ1) is 19.0. The smallest absolute Gasteiger partial charge is 0.257 e. The summed E-state index contributed by atoms with van der Waals surface area (Å²) >= 11 is 0. The van der Waals surface area contributed by atoms with Crippen LogP contribution in [0.2, 0.25) is 0 Å². The number of primary amides is 1. The van der Waals surface area contributed by atoms with Gasteiger partial charge in [0.2, 0.25) is 11.8 Å². The first-order valence-corrected chi connectivity index (χ1v) is 8.84. The summed E-state index contributed by atoms with van der Waals surface area (Å²) in [6, 6.07) is 1.66. The maximum atomic E-state index is 12.6. The van der Waals surface area contributed by atoms with E-state index in [9.17, 15) is 14.4 Å². The summed E-state index contributed by atoms with van der Waals surface area (Å²) in [5, 5.41) is 0. The van der Waals surface area contributed by atoms with E-state index < -0.39 is 0 Å². The number of carbonyl (C=O) groups excluding carboxylic acids is 3. The molecule has 138 valence electrons. The van der Waals surface area contributed by atoms with Crippen LogP contribution in [0, 0.1) is 12.8 Å². The van der Waals surface area contributed by atoms with Crippen LogP contribution in [0.5, 0.6) is 0 Å². The van der Waals surface area contributed by atoms with Crippen LogP contribution in [0.3, 0.4) is 0 Å². The van der Waals surface area contributed by atoms with E-state index >= 15 is 0 Å². The molecule has 0 radical (unpaired) electrons. The number of nitrogens with zero attached hydrogens (tertiary/aromatic N) is 2. The average Bonchev–Trinajstić information content (AvgIpc) is 3.03. The van der Waals surface area contributed by atoms with Gasteiger partial charge in [-0.05, 0) is 32.3 Å². The molecule has 2 N–H and O–H groups in total. The molecule has 0 aliphatic carbocycles. The highest BCUT2D eigenvalue weighted by atomic mass is 16.3. The van der Waals surface area contributed by atoms with Crippen molar-refractivity contribution in [2.75, 3.05) is 26.2 Å². The molecule has 1 aliphatic heterocycles. The molecule has 25 heavy (non-hydrogen) atoms. The van der Waals surface area contributed by atoms with Gasteiger partial charge in [0.1, 0.15) is 5.76 Å². The zero-order valence-corrected chi connectivity index (χ0v) is 15.0. The molecule has 0 bridgehead atoms. The van der Waals surface area contributed by atoms with E-state index in [1.807, 2.05) is 6.92 Å². The minimum absolute atomic E-state index is 0.0146. The number of furan rings is 1. The molecule has 1 fully saturated rings. The topological polar surface area (TPSA) is 96.9 Å². The number of likely N-dealkylation sites (tertiary alicyclic amines) is 1. The van der Waals surface area contributed by atoms with Crippen LogP contribution in [-0.4, -0.2) is 53.7 Å². The molecular formula is C18H27N3O4. The van der Waals surface area contributed by atoms with E-state index in [0.29, 0.717) is 50.3 Å². The van der Waals surface area contributed by atoms with Gasteiger partial charge < -0.3 is 20.0 Å². The van der Waals surface area contributed by atoms with E-state index in [-0.39, 0.29) is 30.1 Å². The van der Waals surface area contributed by atoms with Crippen molar-refractivity contribution in [3.05, 3.63) is 23.7 Å². The lowest BCUT2D eigenvalue weighted by Gasteiger charge is -2.31. The Morgan fingerprint density at radius 2 is 1.96 bits per heavy atom. The molecule has 2 rings (SSSR count). The Morgan fingerprint density at radius 3 is 2.48 bits per heavy atom. The second-order valence-electron chi connectivity index (χ2n) is 6.49. The first-order chi connectivity index (χ1) is 11.9. The summed E-state index contributed by atoms with van der Waals surface area (Å²) in [4.78, 5) is 39.7. The van der Waals surface area contributed by atoms with Gasteiger partial charge in [-0.3, -0.25) is 14.4 Å². The fourth-order valence-electron chi connectivity index (χ4n) is 3.16. The van der Waals surface area contributed by atoms with E-state index in [1.165, 1.54) is 6.26 Å². The van der Waals surface area contributed by atoms with Gasteiger partial charge in [-0.2, -0.15) is 0 Å². The van der Waals surface area contributed by atoms with Crippen molar-refractivity contribution in [3.8, 4) is 0 Å². The van der Waals surface area contributed by atoms with E-state index in [0.717, 1.165) is 6.42 Å². The predicted octanol–water partition coefficient (Wildman–Crippen LogP) is 1.55. The molecule has 7 nitrogen and oxygen atoms in total. The second-order valence-corrected chi connectivity index (χ2v) is 6.49. The lowest BCUT2D eigenvalue weighted by atomic mass is 9.96. The molecule has 0 atom stereocenters. The quantitative estimate of drug-likeness (QED) is 0.808. The summed E-state index contributed by atoms with van der Waals surface area (Å²) in [5.41, 5.74) is 5.86. The monoisotopic (exact) mass is 349 g/mol. The molecule has 0 spiro atoms. The minimum atomic E-state index is -0.290. The van der Waals surface area contributed by atoms with Crippen LogP contribution in [0.15, 0.2) is 16.7 Å². The third kappa shape index (κ3) is 4.84. The highest BCUT2D eigenvalue weighted by Crippen LogP contribution is 2.18. The Bertz CT molecular complexity index is 618. The fourth-order valence-corrected chi connectivity index (χ4v) is 3.16. The van der Waals surface area contributed by atoms with Crippen LogP contribution < -0.4 is 5.73 Å². The molecule has 1 aliphatic rings. The number of amides is 3. The number of piperidine rings is 1. The third-order valence-electron chi connectivity index (χ3n) is 4.72. The molecule has 0 saturated carbocycles. The molecule has 1 aromatic heterocycles. The summed E-state index contributed by atoms with van der Waals surface area (Å²) in [6.45, 7) is 5.83. The summed E-state index contributed by atoms with van der Waals surface area (Å²) in [5.74, 6) is 0.0774. The summed E-state index contributed by atoms with van der Waals surface area (Å²) in [6.07, 6.45) is 3.84. The van der Waals surface area contributed by atoms with Crippen molar-refractivity contribution in [1.29, 1.82) is 0 Å². The number of hydrogen-bond acceptors (Lipinski definition) is 4. The Labute approximate surface area is 148 Å². The molecule has 7 heteroatoms. The van der Waals surface area contributed by atoms with Crippen molar-refractivity contribution < 1.29 is 18.8 Å². The van der Waals surface area contributed by atoms with Gasteiger partial charge in [0.25, 0.3) is 5.91 Å². The fraction of sp³-hybridized carbons (Fsp3) is 0.611. The summed E-state index contributed by atoms with van der Waals surface area (Å²) < 4.78 is 5.20. The van der Waals surface area contributed by atoms with Crippen molar-refractivity contribution in [1.82, 2.24) is 9.80 Å². The van der Waals surface area contributed by atoms with Crippen molar-refractivity contribution in [3.63, 3.8) is 0 Å². The van der Waals surface area contributed by atoms with Crippen molar-refractivity contribution >= 4 is 17.7 Å². The average molecular weight is 349 g/mol. The van der Waals surface area contributed by atoms with Crippen LogP contribution >= 0.6 is 0 Å². The summed E-state index contributed by atoms with van der Waals surface area (Å²) in [7, 11) is 0. The second kappa shape index (κ2) is 8.69. The van der Waals surface area contributed by atoms with Gasteiger partial charge in [0, 0.05) is 38.5 Å². The Morgan fingerprint density at radius 1 is 1.28 bits per heavy atom. The zero-order chi connectivity index (χ0) is 18.4. The van der Waals surface area contributed by atoms with Crippen LogP contribution in [0.1, 0.15) is 48.7 Å². The number of nitrogens with two attached hydrogens (primary N) is 1. The third-order valence-corrected chi connectivity index (χ3v) is 4.72. The minimum Gasteiger partial charge on any atom is -0.469 e. The van der Waals surface area contributed by atoms with Gasteiger partial charge in [-0.1, -0.05) is 6.92 Å². The number of carbonyl (C=O) groups is 3. The van der Waals surface area contributed by atoms with Gasteiger partial charge in [-0.15, -0.1) is 0 Å². The molecule has 1 saturated heterocycles. The Balaban J connectivity index is 1.88. The maximum Gasteiger partial charge on any atom is 0.257 e. The van der Waals surface area contributed by atoms with E-state index in [4.69, 9.17) is 10.2 Å². The highest BCUT2D eigenvalue weighted by Gasteiger charge is 2.26. The highest BCUT2D eigenvalue weighted by molar-refractivity contribution is 5.95. The zero-order valence-electron chi connectivity index (χ0n) is 15.0. The maximum absolute atomic E-state index is 12.6. The first-order valence-electron chi connectivity index (χ1n) is 8.84. The van der Waals surface area contributed by atoms with Crippen LogP contribution in [0.4, 0.5) is 0 Å². The molecule has 0 unspecified atom stereocenters. The Hall–Kier alpha value is -2.31. The lowest BCUT2D eigenvalue weighted by Crippen LogP contribution is -2.43. The number of aryl methyl sites for hydroxylation is 1. The van der Waals surface area contributed by atoms with E-state index in [1.54, 1.807) is 22.8 Å². The van der Waals surface area contributed by atoms with Gasteiger partial charge in [-0.25, -0.2) is 0 Å². The van der Waals surface area contributed by atoms with Gasteiger partial charge in [0.15, 0.2) is 0 Å². The van der Waals surface area contributed by atoms with Crippen molar-refractivity contribution in [2.24, 2.45) is 11.7 Å². The van der Waals surface area contributed by atoms with Crippen LogP contribution in [-0.2, 0) is 9.59 Å². The standard InChI is InChI=1S/C18H27N3O4/c1-3-8-21(18(24)15-7-12-25-13(15)2)11-6-16(22)20-9-4-14(5-10-20)17(19)23/h7,12,14H,3-6,8-11H2,1-2H3,(H2,19,23). The molecule has 0 aromatic carbocycles. The molecule has 2 heterocycles. The normalized spacial score (nSPS) is 15.2. The van der Waals surface area contributed by atoms with E-state index in [2.05, 4.69) is 0 Å². The molecular weight excluding hydrogens is 322 g/mol. The van der Waals surface area contributed by atoms with Gasteiger partial charge in [0.05, 0.1) is 11.8 Å². The van der Waals surface area contributed by atoms with Crippen molar-refractivity contribution in [2.45, 2.75) is 39.5 Å².